The SMILES string of the molecule is NCCCC[C@H](N)C(=O)Cc1ccc(N=Nc2ccccc2)c(N)n1. The Kier molecular flexibility index (Phi) is 7.18. The highest BCUT2D eigenvalue weighted by molar-refractivity contribution is 5.85. The van der Waals surface area contributed by atoms with Gasteiger partial charge in [0.1, 0.15) is 5.69 Å². The van der Waals surface area contributed by atoms with Crippen LogP contribution in [0.25, 0.3) is 0 Å². The van der Waals surface area contributed by atoms with Gasteiger partial charge in [-0.05, 0) is 43.7 Å². The van der Waals surface area contributed by atoms with Gasteiger partial charge < -0.3 is 17.2 Å². The number of carbonyl (C=O) groups excluding carboxylic acids is 1. The average Bonchev–Trinajstić information content (AvgIpc) is 2.62. The number of hydrogen-bond donors (Lipinski definition) is 3. The van der Waals surface area contributed by atoms with E-state index in [-0.39, 0.29) is 18.0 Å². The quantitative estimate of drug-likeness (QED) is 0.476. The monoisotopic (exact) mass is 340 g/mol. The minimum absolute atomic E-state index is 0.0532. The Morgan fingerprint density at radius 1 is 1.08 bits per heavy atom. The van der Waals surface area contributed by atoms with Crippen LogP contribution in [0.15, 0.2) is 52.7 Å². The summed E-state index contributed by atoms with van der Waals surface area (Å²) in [6.07, 6.45) is 2.50. The molecule has 132 valence electrons. The first-order chi connectivity index (χ1) is 12.1. The molecule has 0 unspecified atom stereocenters. The molecule has 0 saturated carbocycles. The summed E-state index contributed by atoms with van der Waals surface area (Å²) >= 11 is 0. The number of rotatable bonds is 9. The van der Waals surface area contributed by atoms with Gasteiger partial charge in [-0.2, -0.15) is 5.11 Å². The second-order valence-electron chi connectivity index (χ2n) is 5.78. The Balaban J connectivity index is 1.97. The topological polar surface area (TPSA) is 133 Å². The molecule has 7 nitrogen and oxygen atoms in total. The van der Waals surface area contributed by atoms with Crippen molar-refractivity contribution < 1.29 is 4.79 Å². The molecule has 0 radical (unpaired) electrons. The van der Waals surface area contributed by atoms with Gasteiger partial charge in [-0.1, -0.05) is 24.6 Å². The summed E-state index contributed by atoms with van der Waals surface area (Å²) in [4.78, 5) is 16.4. The second-order valence-corrected chi connectivity index (χ2v) is 5.78. The zero-order valence-electron chi connectivity index (χ0n) is 14.1. The molecule has 25 heavy (non-hydrogen) atoms. The van der Waals surface area contributed by atoms with Gasteiger partial charge in [0, 0.05) is 0 Å². The molecule has 0 spiro atoms. The van der Waals surface area contributed by atoms with Crippen molar-refractivity contribution in [2.24, 2.45) is 21.7 Å². The van der Waals surface area contributed by atoms with Crippen LogP contribution in [0.3, 0.4) is 0 Å². The lowest BCUT2D eigenvalue weighted by Crippen LogP contribution is -2.32. The second kappa shape index (κ2) is 9.61. The molecule has 1 atom stereocenters. The molecule has 0 aliphatic carbocycles. The van der Waals surface area contributed by atoms with Crippen molar-refractivity contribution in [3.05, 3.63) is 48.2 Å². The van der Waals surface area contributed by atoms with E-state index in [9.17, 15) is 4.79 Å². The van der Waals surface area contributed by atoms with E-state index in [0.717, 1.165) is 18.5 Å². The zero-order valence-corrected chi connectivity index (χ0v) is 14.1. The number of unbranched alkanes of at least 4 members (excludes halogenated alkanes) is 1. The van der Waals surface area contributed by atoms with E-state index in [0.29, 0.717) is 24.3 Å². The number of nitrogens with two attached hydrogens (primary N) is 3. The summed E-state index contributed by atoms with van der Waals surface area (Å²) in [5.74, 6) is 0.185. The van der Waals surface area contributed by atoms with E-state index in [1.807, 2.05) is 30.3 Å². The zero-order chi connectivity index (χ0) is 18.1. The summed E-state index contributed by atoms with van der Waals surface area (Å²) < 4.78 is 0. The third kappa shape index (κ3) is 6.06. The Labute approximate surface area is 147 Å². The maximum absolute atomic E-state index is 12.1. The predicted octanol–water partition coefficient (Wildman–Crippen LogP) is 2.65. The lowest BCUT2D eigenvalue weighted by Gasteiger charge is -2.10. The normalized spacial score (nSPS) is 12.4. The number of Topliss-reactive ketones (excluding diaryl/α,β-unsaturated/α-hetero) is 1. The Morgan fingerprint density at radius 2 is 1.84 bits per heavy atom. The highest BCUT2D eigenvalue weighted by Crippen LogP contribution is 2.23. The largest absolute Gasteiger partial charge is 0.382 e. The number of ketones is 1. The molecular weight excluding hydrogens is 316 g/mol. The maximum Gasteiger partial charge on any atom is 0.155 e. The molecular formula is C18H24N6O. The van der Waals surface area contributed by atoms with Crippen LogP contribution in [0.4, 0.5) is 17.2 Å². The van der Waals surface area contributed by atoms with E-state index in [4.69, 9.17) is 17.2 Å². The van der Waals surface area contributed by atoms with E-state index in [1.54, 1.807) is 12.1 Å². The van der Waals surface area contributed by atoms with Crippen LogP contribution in [0.2, 0.25) is 0 Å². The first kappa shape index (κ1) is 18.7. The number of azo groups is 1. The van der Waals surface area contributed by atoms with Crippen molar-refractivity contribution in [3.63, 3.8) is 0 Å². The fourth-order valence-corrected chi connectivity index (χ4v) is 2.28. The van der Waals surface area contributed by atoms with Crippen molar-refractivity contribution in [2.45, 2.75) is 31.7 Å². The van der Waals surface area contributed by atoms with Gasteiger partial charge in [0.05, 0.1) is 23.8 Å². The van der Waals surface area contributed by atoms with Crippen LogP contribution in [-0.4, -0.2) is 23.4 Å². The first-order valence-corrected chi connectivity index (χ1v) is 8.30. The van der Waals surface area contributed by atoms with E-state index < -0.39 is 6.04 Å². The smallest absolute Gasteiger partial charge is 0.155 e. The molecule has 2 rings (SSSR count). The minimum atomic E-state index is -0.494. The molecule has 2 aromatic rings. The van der Waals surface area contributed by atoms with Crippen molar-refractivity contribution >= 4 is 23.0 Å². The molecule has 0 bridgehead atoms. The molecule has 1 heterocycles. The number of hydrogen-bond acceptors (Lipinski definition) is 7. The molecule has 0 aliphatic rings. The van der Waals surface area contributed by atoms with Gasteiger partial charge in [0.25, 0.3) is 0 Å². The fraction of sp³-hybridized carbons (Fsp3) is 0.333. The predicted molar refractivity (Wildman–Crippen MR) is 98.9 cm³/mol. The Bertz CT molecular complexity index is 717. The Hall–Kier alpha value is -2.64. The number of nitrogen functional groups attached to an aromatic ring is 1. The van der Waals surface area contributed by atoms with E-state index >= 15 is 0 Å². The summed E-state index contributed by atoms with van der Waals surface area (Å²) in [6.45, 7) is 0.609. The van der Waals surface area contributed by atoms with Gasteiger partial charge in [0.2, 0.25) is 0 Å². The molecule has 0 aliphatic heterocycles. The van der Waals surface area contributed by atoms with Crippen LogP contribution >= 0.6 is 0 Å². The summed E-state index contributed by atoms with van der Waals surface area (Å²) in [5, 5.41) is 8.20. The number of benzene rings is 1. The molecule has 1 aromatic heterocycles. The average molecular weight is 340 g/mol. The molecule has 1 aromatic carbocycles. The van der Waals surface area contributed by atoms with Gasteiger partial charge in [-0.25, -0.2) is 4.98 Å². The van der Waals surface area contributed by atoms with E-state index in [2.05, 4.69) is 15.2 Å². The van der Waals surface area contributed by atoms with E-state index in [1.165, 1.54) is 0 Å². The van der Waals surface area contributed by atoms with Crippen molar-refractivity contribution in [2.75, 3.05) is 12.3 Å². The van der Waals surface area contributed by atoms with Crippen molar-refractivity contribution in [1.82, 2.24) is 4.98 Å². The lowest BCUT2D eigenvalue weighted by atomic mass is 10.0. The third-order valence-corrected chi connectivity index (χ3v) is 3.73. The van der Waals surface area contributed by atoms with Crippen LogP contribution in [0, 0.1) is 0 Å². The Morgan fingerprint density at radius 3 is 2.52 bits per heavy atom. The van der Waals surface area contributed by atoms with Gasteiger partial charge in [-0.15, -0.1) is 5.11 Å². The van der Waals surface area contributed by atoms with Gasteiger partial charge >= 0.3 is 0 Å². The molecule has 6 N–H and O–H groups in total. The van der Waals surface area contributed by atoms with Gasteiger partial charge in [0.15, 0.2) is 11.6 Å². The summed E-state index contributed by atoms with van der Waals surface area (Å²) in [6, 6.07) is 12.3. The van der Waals surface area contributed by atoms with Crippen molar-refractivity contribution in [1.29, 1.82) is 0 Å². The highest BCUT2D eigenvalue weighted by Gasteiger charge is 2.15. The number of aromatic nitrogens is 1. The number of carbonyl (C=O) groups is 1. The van der Waals surface area contributed by atoms with Crippen molar-refractivity contribution in [3.8, 4) is 0 Å². The van der Waals surface area contributed by atoms with Gasteiger partial charge in [-0.3, -0.25) is 4.79 Å². The van der Waals surface area contributed by atoms with Crippen LogP contribution < -0.4 is 17.2 Å². The number of pyridine rings is 1. The van der Waals surface area contributed by atoms with Crippen LogP contribution in [-0.2, 0) is 11.2 Å². The fourth-order valence-electron chi connectivity index (χ4n) is 2.28. The lowest BCUT2D eigenvalue weighted by molar-refractivity contribution is -0.119. The molecule has 0 fully saturated rings. The number of anilines is 1. The highest BCUT2D eigenvalue weighted by atomic mass is 16.1. The summed E-state index contributed by atoms with van der Waals surface area (Å²) in [7, 11) is 0. The van der Waals surface area contributed by atoms with Crippen LogP contribution in [0.5, 0.6) is 0 Å². The molecule has 7 heteroatoms. The third-order valence-electron chi connectivity index (χ3n) is 3.73. The molecule has 0 saturated heterocycles. The van der Waals surface area contributed by atoms with Crippen LogP contribution in [0.1, 0.15) is 25.0 Å². The standard InChI is InChI=1S/C18H24N6O/c19-11-5-4-8-15(20)17(25)12-14-9-10-16(18(21)22-14)24-23-13-6-2-1-3-7-13/h1-3,6-7,9-10,15H,4-5,8,11-12,19-20H2,(H2,21,22)/t15-/m0/s1. The first-order valence-electron chi connectivity index (χ1n) is 8.30. The summed E-state index contributed by atoms with van der Waals surface area (Å²) in [5.41, 5.74) is 19.0. The maximum atomic E-state index is 12.1. The minimum Gasteiger partial charge on any atom is -0.382 e. The molecule has 0 amide bonds. The number of nitrogens with zero attached hydrogens (tertiary/aromatic N) is 3.